The van der Waals surface area contributed by atoms with Crippen molar-refractivity contribution in [3.8, 4) is 0 Å². The van der Waals surface area contributed by atoms with E-state index in [0.717, 1.165) is 11.0 Å². The van der Waals surface area contributed by atoms with Crippen LogP contribution in [0.5, 0.6) is 0 Å². The van der Waals surface area contributed by atoms with Crippen molar-refractivity contribution in [3.63, 3.8) is 0 Å². The van der Waals surface area contributed by atoms with Crippen LogP contribution in [0.4, 0.5) is 0 Å². The van der Waals surface area contributed by atoms with E-state index in [2.05, 4.69) is 4.98 Å². The van der Waals surface area contributed by atoms with Gasteiger partial charge in [-0.05, 0) is 26.0 Å². The second-order valence-corrected chi connectivity index (χ2v) is 3.57. The minimum Gasteiger partial charge on any atom is -0.464 e. The van der Waals surface area contributed by atoms with Crippen LogP contribution < -0.4 is 0 Å². The number of carbonyl (C=O) groups is 1. The summed E-state index contributed by atoms with van der Waals surface area (Å²) in [6.45, 7) is 4.01. The molecular weight excluding hydrogens is 204 g/mol. The molecule has 16 heavy (non-hydrogen) atoms. The number of hydrogen-bond acceptors (Lipinski definition) is 3. The van der Waals surface area contributed by atoms with Gasteiger partial charge in [-0.2, -0.15) is 0 Å². The van der Waals surface area contributed by atoms with E-state index in [0.29, 0.717) is 6.61 Å². The molecule has 0 amide bonds. The first-order valence-corrected chi connectivity index (χ1v) is 5.32. The number of hydrogen-bond donors (Lipinski definition) is 0. The first kappa shape index (κ1) is 10.7. The molecule has 0 aliphatic rings. The standard InChI is InChI=1S/C12H14N2O2/c1-3-16-12(15)9(2)14-8-13-10-6-4-5-7-11(10)14/h4-9H,3H2,1-2H3. The quantitative estimate of drug-likeness (QED) is 0.741. The number of benzene rings is 1. The summed E-state index contributed by atoms with van der Waals surface area (Å²) in [5, 5.41) is 0. The summed E-state index contributed by atoms with van der Waals surface area (Å²) < 4.78 is 6.82. The number of imidazole rings is 1. The molecule has 0 saturated carbocycles. The fourth-order valence-corrected chi connectivity index (χ4v) is 1.66. The van der Waals surface area contributed by atoms with Gasteiger partial charge in [0.2, 0.25) is 0 Å². The molecule has 2 aromatic rings. The monoisotopic (exact) mass is 218 g/mol. The molecule has 1 aromatic heterocycles. The van der Waals surface area contributed by atoms with Crippen molar-refractivity contribution < 1.29 is 9.53 Å². The Morgan fingerprint density at radius 3 is 3.00 bits per heavy atom. The number of aromatic nitrogens is 2. The lowest BCUT2D eigenvalue weighted by Gasteiger charge is -2.12. The summed E-state index contributed by atoms with van der Waals surface area (Å²) in [6.07, 6.45) is 1.67. The third-order valence-electron chi connectivity index (χ3n) is 2.53. The number of ether oxygens (including phenoxy) is 1. The highest BCUT2D eigenvalue weighted by atomic mass is 16.5. The SMILES string of the molecule is CCOC(=O)C(C)n1cnc2ccccc21. The third-order valence-corrected chi connectivity index (χ3v) is 2.53. The molecule has 1 aromatic carbocycles. The van der Waals surface area contributed by atoms with Gasteiger partial charge in [-0.3, -0.25) is 0 Å². The van der Waals surface area contributed by atoms with Crippen LogP contribution in [0.1, 0.15) is 19.9 Å². The number of rotatable bonds is 3. The summed E-state index contributed by atoms with van der Waals surface area (Å²) in [4.78, 5) is 15.9. The van der Waals surface area contributed by atoms with Crippen LogP contribution in [0.2, 0.25) is 0 Å². The Balaban J connectivity index is 2.36. The number of para-hydroxylation sites is 2. The van der Waals surface area contributed by atoms with E-state index in [1.807, 2.05) is 35.8 Å². The molecule has 0 radical (unpaired) electrons. The second-order valence-electron chi connectivity index (χ2n) is 3.57. The molecule has 0 aliphatic heterocycles. The van der Waals surface area contributed by atoms with E-state index in [1.54, 1.807) is 13.3 Å². The van der Waals surface area contributed by atoms with E-state index >= 15 is 0 Å². The van der Waals surface area contributed by atoms with Crippen molar-refractivity contribution in [3.05, 3.63) is 30.6 Å². The van der Waals surface area contributed by atoms with Crippen LogP contribution in [-0.2, 0) is 9.53 Å². The van der Waals surface area contributed by atoms with Crippen LogP contribution in [0, 0.1) is 0 Å². The number of nitrogens with zero attached hydrogens (tertiary/aromatic N) is 2. The van der Waals surface area contributed by atoms with Gasteiger partial charge in [0.15, 0.2) is 0 Å². The molecule has 1 heterocycles. The van der Waals surface area contributed by atoms with E-state index in [1.165, 1.54) is 0 Å². The lowest BCUT2D eigenvalue weighted by atomic mass is 10.3. The third kappa shape index (κ3) is 1.78. The van der Waals surface area contributed by atoms with E-state index in [-0.39, 0.29) is 12.0 Å². The second kappa shape index (κ2) is 4.35. The molecule has 0 saturated heterocycles. The average Bonchev–Trinajstić information content (AvgIpc) is 2.72. The van der Waals surface area contributed by atoms with Gasteiger partial charge in [-0.1, -0.05) is 12.1 Å². The fourth-order valence-electron chi connectivity index (χ4n) is 1.66. The smallest absolute Gasteiger partial charge is 0.328 e. The number of esters is 1. The van der Waals surface area contributed by atoms with Crippen LogP contribution in [-0.4, -0.2) is 22.1 Å². The van der Waals surface area contributed by atoms with E-state index in [4.69, 9.17) is 4.74 Å². The van der Waals surface area contributed by atoms with Gasteiger partial charge in [0, 0.05) is 0 Å². The molecule has 4 nitrogen and oxygen atoms in total. The number of fused-ring (bicyclic) bond motifs is 1. The Morgan fingerprint density at radius 1 is 1.50 bits per heavy atom. The highest BCUT2D eigenvalue weighted by Crippen LogP contribution is 2.17. The molecule has 0 spiro atoms. The fraction of sp³-hybridized carbons (Fsp3) is 0.333. The van der Waals surface area contributed by atoms with Crippen molar-refractivity contribution in [1.82, 2.24) is 9.55 Å². The van der Waals surface area contributed by atoms with E-state index < -0.39 is 0 Å². The van der Waals surface area contributed by atoms with Crippen molar-refractivity contribution in [2.75, 3.05) is 6.61 Å². The van der Waals surface area contributed by atoms with Crippen LogP contribution in [0.3, 0.4) is 0 Å². The highest BCUT2D eigenvalue weighted by molar-refractivity contribution is 5.80. The van der Waals surface area contributed by atoms with Crippen molar-refractivity contribution >= 4 is 17.0 Å². The van der Waals surface area contributed by atoms with Crippen LogP contribution >= 0.6 is 0 Å². The predicted octanol–water partition coefficient (Wildman–Crippen LogP) is 2.16. The maximum absolute atomic E-state index is 11.6. The Hall–Kier alpha value is -1.84. The Bertz CT molecular complexity index is 504. The predicted molar refractivity (Wildman–Crippen MR) is 61.1 cm³/mol. The molecule has 4 heteroatoms. The van der Waals surface area contributed by atoms with Gasteiger partial charge in [-0.15, -0.1) is 0 Å². The van der Waals surface area contributed by atoms with Gasteiger partial charge in [0.1, 0.15) is 6.04 Å². The molecule has 2 rings (SSSR count). The summed E-state index contributed by atoms with van der Waals surface area (Å²) >= 11 is 0. The van der Waals surface area contributed by atoms with Crippen molar-refractivity contribution in [2.24, 2.45) is 0 Å². The molecule has 0 fully saturated rings. The average molecular weight is 218 g/mol. The summed E-state index contributed by atoms with van der Waals surface area (Å²) in [7, 11) is 0. The topological polar surface area (TPSA) is 44.1 Å². The van der Waals surface area contributed by atoms with Crippen molar-refractivity contribution in [2.45, 2.75) is 19.9 Å². The maximum atomic E-state index is 11.6. The molecule has 0 bridgehead atoms. The highest BCUT2D eigenvalue weighted by Gasteiger charge is 2.17. The molecular formula is C12H14N2O2. The van der Waals surface area contributed by atoms with E-state index in [9.17, 15) is 4.79 Å². The summed E-state index contributed by atoms with van der Waals surface area (Å²) in [5.41, 5.74) is 1.83. The summed E-state index contributed by atoms with van der Waals surface area (Å²) in [6, 6.07) is 7.38. The maximum Gasteiger partial charge on any atom is 0.328 e. The lowest BCUT2D eigenvalue weighted by molar-refractivity contribution is -0.146. The Labute approximate surface area is 93.9 Å². The summed E-state index contributed by atoms with van der Waals surface area (Å²) in [5.74, 6) is -0.231. The first-order chi connectivity index (χ1) is 7.74. The van der Waals surface area contributed by atoms with Crippen LogP contribution in [0.15, 0.2) is 30.6 Å². The normalized spacial score (nSPS) is 12.6. The van der Waals surface area contributed by atoms with Gasteiger partial charge < -0.3 is 9.30 Å². The van der Waals surface area contributed by atoms with Gasteiger partial charge in [-0.25, -0.2) is 9.78 Å². The Kier molecular flexibility index (Phi) is 2.90. The molecule has 0 aliphatic carbocycles. The van der Waals surface area contributed by atoms with Gasteiger partial charge in [0.25, 0.3) is 0 Å². The van der Waals surface area contributed by atoms with Gasteiger partial charge in [0.05, 0.1) is 24.0 Å². The molecule has 0 N–H and O–H groups in total. The largest absolute Gasteiger partial charge is 0.464 e. The number of carbonyl (C=O) groups excluding carboxylic acids is 1. The first-order valence-electron chi connectivity index (χ1n) is 5.32. The molecule has 84 valence electrons. The zero-order chi connectivity index (χ0) is 11.5. The zero-order valence-corrected chi connectivity index (χ0v) is 9.38. The Morgan fingerprint density at radius 2 is 2.25 bits per heavy atom. The minimum atomic E-state index is -0.340. The minimum absolute atomic E-state index is 0.231. The van der Waals surface area contributed by atoms with Crippen LogP contribution in [0.25, 0.3) is 11.0 Å². The van der Waals surface area contributed by atoms with Crippen molar-refractivity contribution in [1.29, 1.82) is 0 Å². The van der Waals surface area contributed by atoms with Gasteiger partial charge >= 0.3 is 5.97 Å². The lowest BCUT2D eigenvalue weighted by Crippen LogP contribution is -2.18. The molecule has 1 unspecified atom stereocenters. The zero-order valence-electron chi connectivity index (χ0n) is 9.38. The molecule has 1 atom stereocenters.